The lowest BCUT2D eigenvalue weighted by molar-refractivity contribution is -0.137. The summed E-state index contributed by atoms with van der Waals surface area (Å²) in [4.78, 5) is 14.1. The fourth-order valence-corrected chi connectivity index (χ4v) is 1.81. The molecule has 98 valence electrons. The van der Waals surface area contributed by atoms with Gasteiger partial charge in [0, 0.05) is 13.1 Å². The number of carbonyl (C=O) groups is 1. The summed E-state index contributed by atoms with van der Waals surface area (Å²) in [6.07, 6.45) is 0.390. The number of hydrogen-bond donors (Lipinski definition) is 1. The molecule has 0 rings (SSSR count). The van der Waals surface area contributed by atoms with Crippen molar-refractivity contribution < 1.29 is 4.79 Å². The SMILES string of the molecule is CCNC(C)(C)C(=O)N(CCC#N)CC(C)C. The van der Waals surface area contributed by atoms with E-state index in [0.717, 1.165) is 6.54 Å². The number of hydrogen-bond acceptors (Lipinski definition) is 3. The normalized spacial score (nSPS) is 11.4. The van der Waals surface area contributed by atoms with Crippen molar-refractivity contribution in [3.63, 3.8) is 0 Å². The van der Waals surface area contributed by atoms with Crippen molar-refractivity contribution in [1.82, 2.24) is 10.2 Å². The summed E-state index contributed by atoms with van der Waals surface area (Å²) < 4.78 is 0. The van der Waals surface area contributed by atoms with Gasteiger partial charge in [-0.1, -0.05) is 20.8 Å². The summed E-state index contributed by atoms with van der Waals surface area (Å²) in [5, 5.41) is 11.8. The lowest BCUT2D eigenvalue weighted by atomic mass is 10.0. The van der Waals surface area contributed by atoms with Crippen molar-refractivity contribution >= 4 is 5.91 Å². The van der Waals surface area contributed by atoms with E-state index in [2.05, 4.69) is 25.2 Å². The molecule has 4 heteroatoms. The molecule has 0 bridgehead atoms. The lowest BCUT2D eigenvalue weighted by Gasteiger charge is -2.33. The molecule has 1 amide bonds. The first-order valence-corrected chi connectivity index (χ1v) is 6.26. The van der Waals surface area contributed by atoms with Gasteiger partial charge in [-0.05, 0) is 26.3 Å². The topological polar surface area (TPSA) is 56.1 Å². The van der Waals surface area contributed by atoms with Gasteiger partial charge in [-0.25, -0.2) is 0 Å². The molecular formula is C13H25N3O. The smallest absolute Gasteiger partial charge is 0.242 e. The molecule has 0 atom stereocenters. The second-order valence-corrected chi connectivity index (χ2v) is 5.21. The van der Waals surface area contributed by atoms with Crippen LogP contribution in [0.5, 0.6) is 0 Å². The average Bonchev–Trinajstić information content (AvgIpc) is 2.22. The van der Waals surface area contributed by atoms with Crippen LogP contribution >= 0.6 is 0 Å². The maximum absolute atomic E-state index is 12.4. The van der Waals surface area contributed by atoms with Gasteiger partial charge in [0.25, 0.3) is 0 Å². The van der Waals surface area contributed by atoms with Crippen molar-refractivity contribution in [1.29, 1.82) is 5.26 Å². The van der Waals surface area contributed by atoms with Gasteiger partial charge in [-0.3, -0.25) is 4.79 Å². The molecule has 0 aliphatic rings. The molecule has 0 heterocycles. The molecule has 0 fully saturated rings. The van der Waals surface area contributed by atoms with Crippen LogP contribution in [0.3, 0.4) is 0 Å². The van der Waals surface area contributed by atoms with Gasteiger partial charge in [-0.2, -0.15) is 5.26 Å². The third-order valence-corrected chi connectivity index (χ3v) is 2.52. The minimum Gasteiger partial charge on any atom is -0.340 e. The van der Waals surface area contributed by atoms with Crippen LogP contribution in [-0.4, -0.2) is 36.0 Å². The minimum atomic E-state index is -0.556. The molecule has 0 unspecified atom stereocenters. The van der Waals surface area contributed by atoms with Gasteiger partial charge in [0.2, 0.25) is 5.91 Å². The van der Waals surface area contributed by atoms with Crippen LogP contribution in [0.1, 0.15) is 41.0 Å². The molecule has 0 aromatic carbocycles. The Balaban J connectivity index is 4.67. The first kappa shape index (κ1) is 15.9. The van der Waals surface area contributed by atoms with E-state index in [0.29, 0.717) is 25.4 Å². The minimum absolute atomic E-state index is 0.0725. The van der Waals surface area contributed by atoms with Gasteiger partial charge in [0.1, 0.15) is 0 Å². The fourth-order valence-electron chi connectivity index (χ4n) is 1.81. The first-order chi connectivity index (χ1) is 7.85. The fraction of sp³-hybridized carbons (Fsp3) is 0.846. The highest BCUT2D eigenvalue weighted by atomic mass is 16.2. The van der Waals surface area contributed by atoms with E-state index in [1.807, 2.05) is 20.8 Å². The molecule has 0 aliphatic heterocycles. The number of rotatable bonds is 7. The Hall–Kier alpha value is -1.08. The summed E-state index contributed by atoms with van der Waals surface area (Å²) in [7, 11) is 0. The number of amides is 1. The van der Waals surface area contributed by atoms with Crippen molar-refractivity contribution in [2.75, 3.05) is 19.6 Å². The number of nitrogens with one attached hydrogen (secondary N) is 1. The molecule has 17 heavy (non-hydrogen) atoms. The van der Waals surface area contributed by atoms with Crippen LogP contribution in [0.4, 0.5) is 0 Å². The van der Waals surface area contributed by atoms with E-state index in [1.54, 1.807) is 4.90 Å². The highest BCUT2D eigenvalue weighted by molar-refractivity contribution is 5.85. The van der Waals surface area contributed by atoms with Crippen molar-refractivity contribution in [3.05, 3.63) is 0 Å². The quantitative estimate of drug-likeness (QED) is 0.736. The summed E-state index contributed by atoms with van der Waals surface area (Å²) in [5.41, 5.74) is -0.556. The summed E-state index contributed by atoms with van der Waals surface area (Å²) >= 11 is 0. The van der Waals surface area contributed by atoms with Crippen LogP contribution in [-0.2, 0) is 4.79 Å². The Morgan fingerprint density at radius 1 is 1.47 bits per heavy atom. The van der Waals surface area contributed by atoms with Gasteiger partial charge in [0.15, 0.2) is 0 Å². The largest absolute Gasteiger partial charge is 0.340 e. The number of carbonyl (C=O) groups excluding carboxylic acids is 1. The van der Waals surface area contributed by atoms with Crippen LogP contribution in [0.25, 0.3) is 0 Å². The maximum atomic E-state index is 12.4. The number of nitriles is 1. The van der Waals surface area contributed by atoms with Crippen LogP contribution in [0, 0.1) is 17.2 Å². The van der Waals surface area contributed by atoms with Crippen molar-refractivity contribution in [2.45, 2.75) is 46.6 Å². The maximum Gasteiger partial charge on any atom is 0.242 e. The predicted molar refractivity (Wildman–Crippen MR) is 69.4 cm³/mol. The highest BCUT2D eigenvalue weighted by Crippen LogP contribution is 2.10. The van der Waals surface area contributed by atoms with Gasteiger partial charge in [-0.15, -0.1) is 0 Å². The Morgan fingerprint density at radius 3 is 2.47 bits per heavy atom. The summed E-state index contributed by atoms with van der Waals surface area (Å²) in [6, 6.07) is 2.10. The molecule has 0 aromatic rings. The van der Waals surface area contributed by atoms with Crippen LogP contribution in [0.15, 0.2) is 0 Å². The van der Waals surface area contributed by atoms with Crippen molar-refractivity contribution in [2.24, 2.45) is 5.92 Å². The Kier molecular flexibility index (Phi) is 6.82. The highest BCUT2D eigenvalue weighted by Gasteiger charge is 2.30. The Labute approximate surface area is 105 Å². The third-order valence-electron chi connectivity index (χ3n) is 2.52. The van der Waals surface area contributed by atoms with E-state index >= 15 is 0 Å². The van der Waals surface area contributed by atoms with Crippen LogP contribution in [0.2, 0.25) is 0 Å². The second kappa shape index (κ2) is 7.29. The van der Waals surface area contributed by atoms with Gasteiger partial charge in [0.05, 0.1) is 18.0 Å². The molecule has 0 radical (unpaired) electrons. The van der Waals surface area contributed by atoms with Crippen LogP contribution < -0.4 is 5.32 Å². The third kappa shape index (κ3) is 5.69. The molecule has 0 saturated carbocycles. The number of likely N-dealkylation sites (N-methyl/N-ethyl adjacent to an activating group) is 1. The Bertz CT molecular complexity index is 279. The van der Waals surface area contributed by atoms with E-state index in [4.69, 9.17) is 5.26 Å². The standard InChI is InChI=1S/C13H25N3O/c1-6-15-13(4,5)12(17)16(9-7-8-14)10-11(2)3/h11,15H,6-7,9-10H2,1-5H3. The van der Waals surface area contributed by atoms with E-state index < -0.39 is 5.54 Å². The average molecular weight is 239 g/mol. The summed E-state index contributed by atoms with van der Waals surface area (Å²) in [6.45, 7) is 11.9. The van der Waals surface area contributed by atoms with E-state index in [-0.39, 0.29) is 5.91 Å². The van der Waals surface area contributed by atoms with Gasteiger partial charge >= 0.3 is 0 Å². The lowest BCUT2D eigenvalue weighted by Crippen LogP contribution is -2.54. The molecule has 0 saturated heterocycles. The molecule has 0 spiro atoms. The second-order valence-electron chi connectivity index (χ2n) is 5.21. The van der Waals surface area contributed by atoms with E-state index in [1.165, 1.54) is 0 Å². The summed E-state index contributed by atoms with van der Waals surface area (Å²) in [5.74, 6) is 0.485. The molecule has 0 aliphatic carbocycles. The van der Waals surface area contributed by atoms with E-state index in [9.17, 15) is 4.79 Å². The Morgan fingerprint density at radius 2 is 2.06 bits per heavy atom. The zero-order chi connectivity index (χ0) is 13.5. The molecule has 1 N–H and O–H groups in total. The van der Waals surface area contributed by atoms with Crippen molar-refractivity contribution in [3.8, 4) is 6.07 Å². The zero-order valence-electron chi connectivity index (χ0n) is 11.7. The molecule has 4 nitrogen and oxygen atoms in total. The van der Waals surface area contributed by atoms with Gasteiger partial charge < -0.3 is 10.2 Å². The number of nitrogens with zero attached hydrogens (tertiary/aromatic N) is 2. The molecule has 0 aromatic heterocycles. The first-order valence-electron chi connectivity index (χ1n) is 6.26. The molecular weight excluding hydrogens is 214 g/mol. The zero-order valence-corrected chi connectivity index (χ0v) is 11.7. The monoisotopic (exact) mass is 239 g/mol. The predicted octanol–water partition coefficient (Wildman–Crippen LogP) is 1.77.